The first-order valence-electron chi connectivity index (χ1n) is 9.95. The summed E-state index contributed by atoms with van der Waals surface area (Å²) in [5, 5.41) is 1.04. The number of hydrogen-bond donors (Lipinski definition) is 0. The Morgan fingerprint density at radius 2 is 1.89 bits per heavy atom. The second kappa shape index (κ2) is 5.78. The Hall–Kier alpha value is -2.43. The van der Waals surface area contributed by atoms with Gasteiger partial charge in [-0.15, -0.1) is 0 Å². The van der Waals surface area contributed by atoms with Crippen LogP contribution in [0.5, 0.6) is 0 Å². The quantitative estimate of drug-likeness (QED) is 0.782. The summed E-state index contributed by atoms with van der Waals surface area (Å²) in [6.07, 6.45) is 4.13. The number of likely N-dealkylation sites (tertiary alicyclic amines) is 2. The molecule has 3 aliphatic rings. The zero-order valence-corrected chi connectivity index (χ0v) is 15.9. The van der Waals surface area contributed by atoms with Gasteiger partial charge in [-0.1, -0.05) is 31.2 Å². The minimum Gasteiger partial charge on any atom is -0.337 e. The summed E-state index contributed by atoms with van der Waals surface area (Å²) in [5.74, 6) is 0.153. The van der Waals surface area contributed by atoms with E-state index in [4.69, 9.17) is 0 Å². The van der Waals surface area contributed by atoms with Crippen molar-refractivity contribution in [3.05, 3.63) is 42.1 Å². The van der Waals surface area contributed by atoms with Gasteiger partial charge in [-0.3, -0.25) is 9.59 Å². The van der Waals surface area contributed by atoms with E-state index in [2.05, 4.69) is 16.8 Å². The minimum atomic E-state index is -0.000650. The van der Waals surface area contributed by atoms with E-state index < -0.39 is 0 Å². The Labute approximate surface area is 159 Å². The van der Waals surface area contributed by atoms with Gasteiger partial charge in [0, 0.05) is 36.4 Å². The lowest BCUT2D eigenvalue weighted by molar-refractivity contribution is -0.137. The number of carbonyl (C=O) groups is 2. The molecule has 140 valence electrons. The van der Waals surface area contributed by atoms with Gasteiger partial charge in [0.2, 0.25) is 5.91 Å². The SMILES string of the molecule is CC(=O)N1C[C@@H]2C[C@@]3(C)[C@H](CCC[C@@H]13)N2C(=O)c1ccc2ccccc2n1. The highest BCUT2D eigenvalue weighted by molar-refractivity contribution is 5.95. The second-order valence-corrected chi connectivity index (χ2v) is 8.60. The van der Waals surface area contributed by atoms with E-state index in [0.717, 1.165) is 36.6 Å². The van der Waals surface area contributed by atoms with Gasteiger partial charge in [0.05, 0.1) is 11.6 Å². The Bertz CT molecular complexity index is 942. The van der Waals surface area contributed by atoms with Crippen LogP contribution >= 0.6 is 0 Å². The van der Waals surface area contributed by atoms with Crippen LogP contribution in [0.3, 0.4) is 0 Å². The van der Waals surface area contributed by atoms with Gasteiger partial charge < -0.3 is 9.80 Å². The van der Waals surface area contributed by atoms with Crippen LogP contribution in [-0.2, 0) is 4.79 Å². The third-order valence-electron chi connectivity index (χ3n) is 7.12. The lowest BCUT2D eigenvalue weighted by atomic mass is 9.66. The fourth-order valence-electron chi connectivity index (χ4n) is 5.97. The van der Waals surface area contributed by atoms with Crippen molar-refractivity contribution in [1.29, 1.82) is 0 Å². The van der Waals surface area contributed by atoms with E-state index >= 15 is 0 Å². The molecule has 0 N–H and O–H groups in total. The molecule has 2 aromatic rings. The molecule has 2 saturated heterocycles. The number of fused-ring (bicyclic) bond motifs is 2. The zero-order valence-electron chi connectivity index (χ0n) is 15.9. The number of amides is 2. The van der Waals surface area contributed by atoms with Crippen LogP contribution in [0.4, 0.5) is 0 Å². The van der Waals surface area contributed by atoms with Gasteiger partial charge in [-0.2, -0.15) is 0 Å². The topological polar surface area (TPSA) is 53.5 Å². The number of benzene rings is 1. The van der Waals surface area contributed by atoms with Gasteiger partial charge >= 0.3 is 0 Å². The minimum absolute atomic E-state index is 0.000650. The van der Waals surface area contributed by atoms with Crippen molar-refractivity contribution >= 4 is 22.7 Å². The molecular formula is C22H25N3O2. The fraction of sp³-hybridized carbons (Fsp3) is 0.500. The maximum Gasteiger partial charge on any atom is 0.273 e. The Morgan fingerprint density at radius 1 is 1.11 bits per heavy atom. The lowest BCUT2D eigenvalue weighted by Crippen LogP contribution is -2.57. The van der Waals surface area contributed by atoms with Crippen LogP contribution in [0.15, 0.2) is 36.4 Å². The first-order valence-corrected chi connectivity index (χ1v) is 9.95. The van der Waals surface area contributed by atoms with Crippen molar-refractivity contribution in [2.75, 3.05) is 6.54 Å². The van der Waals surface area contributed by atoms with Crippen LogP contribution in [0.1, 0.15) is 50.0 Å². The van der Waals surface area contributed by atoms with Gasteiger partial charge in [0.1, 0.15) is 5.69 Å². The number of para-hydroxylation sites is 1. The van der Waals surface area contributed by atoms with E-state index in [9.17, 15) is 9.59 Å². The maximum absolute atomic E-state index is 13.5. The van der Waals surface area contributed by atoms with Crippen LogP contribution in [0.2, 0.25) is 0 Å². The van der Waals surface area contributed by atoms with Crippen molar-refractivity contribution in [2.45, 2.75) is 57.7 Å². The number of carbonyl (C=O) groups excluding carboxylic acids is 2. The lowest BCUT2D eigenvalue weighted by Gasteiger charge is -2.49. The molecule has 27 heavy (non-hydrogen) atoms. The van der Waals surface area contributed by atoms with Gasteiger partial charge in [-0.25, -0.2) is 4.98 Å². The van der Waals surface area contributed by atoms with Crippen molar-refractivity contribution in [1.82, 2.24) is 14.8 Å². The van der Waals surface area contributed by atoms with E-state index in [1.165, 1.54) is 0 Å². The highest BCUT2D eigenvalue weighted by Crippen LogP contribution is 2.54. The zero-order chi connectivity index (χ0) is 18.8. The molecule has 3 heterocycles. The molecule has 1 saturated carbocycles. The molecule has 5 heteroatoms. The normalized spacial score (nSPS) is 32.0. The number of rotatable bonds is 1. The van der Waals surface area contributed by atoms with Crippen molar-refractivity contribution in [2.24, 2.45) is 5.41 Å². The summed E-state index contributed by atoms with van der Waals surface area (Å²) in [4.78, 5) is 34.5. The highest BCUT2D eigenvalue weighted by Gasteiger charge is 2.61. The van der Waals surface area contributed by atoms with E-state index in [1.807, 2.05) is 41.3 Å². The van der Waals surface area contributed by atoms with Crippen molar-refractivity contribution in [3.8, 4) is 0 Å². The monoisotopic (exact) mass is 363 g/mol. The Morgan fingerprint density at radius 3 is 2.70 bits per heavy atom. The Kier molecular flexibility index (Phi) is 3.58. The number of nitrogens with zero attached hydrogens (tertiary/aromatic N) is 3. The van der Waals surface area contributed by atoms with Crippen LogP contribution in [0, 0.1) is 5.41 Å². The first-order chi connectivity index (χ1) is 13.0. The molecule has 4 atom stereocenters. The molecule has 2 bridgehead atoms. The molecule has 1 aromatic heterocycles. The summed E-state index contributed by atoms with van der Waals surface area (Å²) < 4.78 is 0. The maximum atomic E-state index is 13.5. The number of pyridine rings is 1. The molecule has 5 rings (SSSR count). The van der Waals surface area contributed by atoms with Crippen molar-refractivity contribution in [3.63, 3.8) is 0 Å². The molecule has 0 radical (unpaired) electrons. The summed E-state index contributed by atoms with van der Waals surface area (Å²) >= 11 is 0. The van der Waals surface area contributed by atoms with Gasteiger partial charge in [-0.05, 0) is 37.8 Å². The van der Waals surface area contributed by atoms with E-state index in [0.29, 0.717) is 12.2 Å². The molecule has 2 amide bonds. The average molecular weight is 363 g/mol. The predicted molar refractivity (Wildman–Crippen MR) is 103 cm³/mol. The third kappa shape index (κ3) is 2.33. The Balaban J connectivity index is 1.54. The van der Waals surface area contributed by atoms with Crippen LogP contribution < -0.4 is 0 Å². The summed E-state index contributed by atoms with van der Waals surface area (Å²) in [7, 11) is 0. The smallest absolute Gasteiger partial charge is 0.273 e. The molecule has 1 aromatic carbocycles. The van der Waals surface area contributed by atoms with Gasteiger partial charge in [0.25, 0.3) is 5.91 Å². The molecule has 5 nitrogen and oxygen atoms in total. The van der Waals surface area contributed by atoms with E-state index in [1.54, 1.807) is 6.92 Å². The second-order valence-electron chi connectivity index (χ2n) is 8.60. The van der Waals surface area contributed by atoms with E-state index in [-0.39, 0.29) is 35.4 Å². The largest absolute Gasteiger partial charge is 0.337 e. The van der Waals surface area contributed by atoms with Crippen molar-refractivity contribution < 1.29 is 9.59 Å². The predicted octanol–water partition coefficient (Wildman–Crippen LogP) is 3.24. The molecule has 2 aliphatic heterocycles. The third-order valence-corrected chi connectivity index (χ3v) is 7.12. The molecular weight excluding hydrogens is 338 g/mol. The standard InChI is InChI=1S/C22H25N3O2/c1-14(26)24-13-16-12-22(2)19(24)8-5-9-20(22)25(16)21(27)18-11-10-15-6-3-4-7-17(15)23-18/h3-4,6-7,10-11,16,19-20H,5,8-9,12-13H2,1-2H3/t16-,19+,20-,22+/m0/s1. The average Bonchev–Trinajstić information content (AvgIpc) is 2.96. The number of piperidine rings is 1. The van der Waals surface area contributed by atoms with Crippen LogP contribution in [-0.4, -0.2) is 51.3 Å². The fourth-order valence-corrected chi connectivity index (χ4v) is 5.97. The number of hydrogen-bond acceptors (Lipinski definition) is 3. The molecule has 0 unspecified atom stereocenters. The highest BCUT2D eigenvalue weighted by atomic mass is 16.2. The summed E-state index contributed by atoms with van der Waals surface area (Å²) in [5.41, 5.74) is 1.37. The summed E-state index contributed by atoms with van der Waals surface area (Å²) in [6, 6.07) is 12.3. The number of aromatic nitrogens is 1. The van der Waals surface area contributed by atoms with Crippen LogP contribution in [0.25, 0.3) is 10.9 Å². The molecule has 0 spiro atoms. The summed E-state index contributed by atoms with van der Waals surface area (Å²) in [6.45, 7) is 4.60. The molecule has 3 fully saturated rings. The van der Waals surface area contributed by atoms with Gasteiger partial charge in [0.15, 0.2) is 0 Å². The first kappa shape index (κ1) is 16.7. The molecule has 1 aliphatic carbocycles.